The molecule has 0 saturated carbocycles. The number of anilines is 1. The quantitative estimate of drug-likeness (QED) is 0.427. The minimum absolute atomic E-state index is 0.0485. The van der Waals surface area contributed by atoms with Crippen LogP contribution in [0.1, 0.15) is 31.7 Å². The molecule has 0 fully saturated rings. The summed E-state index contributed by atoms with van der Waals surface area (Å²) in [7, 11) is 0. The van der Waals surface area contributed by atoms with Gasteiger partial charge in [-0.15, -0.1) is 0 Å². The molecule has 2 rings (SSSR count). The van der Waals surface area contributed by atoms with Gasteiger partial charge in [-0.3, -0.25) is 15.0 Å². The van der Waals surface area contributed by atoms with Gasteiger partial charge in [0.2, 0.25) is 11.8 Å². The number of hydrogen-bond acceptors (Lipinski definition) is 4. The lowest BCUT2D eigenvalue weighted by molar-refractivity contribution is -0.121. The smallest absolute Gasteiger partial charge is 0.234 e. The summed E-state index contributed by atoms with van der Waals surface area (Å²) >= 11 is 0. The third-order valence-corrected chi connectivity index (χ3v) is 3.25. The Bertz CT molecular complexity index is 516. The van der Waals surface area contributed by atoms with Crippen LogP contribution < -0.4 is 21.3 Å². The fourth-order valence-electron chi connectivity index (χ4n) is 2.13. The Kier molecular flexibility index (Phi) is 4.57. The van der Waals surface area contributed by atoms with Gasteiger partial charge in [0.25, 0.3) is 0 Å². The first-order chi connectivity index (χ1) is 9.58. The number of hydrazine groups is 1. The van der Waals surface area contributed by atoms with E-state index in [-0.39, 0.29) is 17.9 Å². The molecule has 1 aliphatic heterocycles. The van der Waals surface area contributed by atoms with Gasteiger partial charge in [-0.2, -0.15) is 0 Å². The summed E-state index contributed by atoms with van der Waals surface area (Å²) in [6.07, 6.45) is 2.07. The van der Waals surface area contributed by atoms with Gasteiger partial charge < -0.3 is 10.1 Å². The number of nitrogens with one attached hydrogen (secondary N) is 2. The SMILES string of the molecule is CC(CCC(=O)NN)Oc1ccc2c(c1)CCC(=O)N2. The second kappa shape index (κ2) is 6.38. The van der Waals surface area contributed by atoms with E-state index in [9.17, 15) is 9.59 Å². The summed E-state index contributed by atoms with van der Waals surface area (Å²) in [5, 5.41) is 2.83. The van der Waals surface area contributed by atoms with Gasteiger partial charge in [0.05, 0.1) is 6.10 Å². The Morgan fingerprint density at radius 2 is 2.30 bits per heavy atom. The van der Waals surface area contributed by atoms with Crippen molar-refractivity contribution in [1.29, 1.82) is 0 Å². The molecule has 6 nitrogen and oxygen atoms in total. The van der Waals surface area contributed by atoms with E-state index in [0.29, 0.717) is 19.3 Å². The number of fused-ring (bicyclic) bond motifs is 1. The summed E-state index contributed by atoms with van der Waals surface area (Å²) in [4.78, 5) is 22.3. The summed E-state index contributed by atoms with van der Waals surface area (Å²) in [6, 6.07) is 5.61. The standard InChI is InChI=1S/C14H19N3O3/c1-9(2-6-14(19)17-15)20-11-4-5-12-10(8-11)3-7-13(18)16-12/h4-5,8-9H,2-3,6-7,15H2,1H3,(H,16,18)(H,17,19). The Hall–Kier alpha value is -2.08. The number of amides is 2. The minimum atomic E-state index is -0.200. The molecule has 0 radical (unpaired) electrons. The van der Waals surface area contributed by atoms with Crippen LogP contribution in [0.3, 0.4) is 0 Å². The summed E-state index contributed by atoms with van der Waals surface area (Å²) in [6.45, 7) is 1.91. The lowest BCUT2D eigenvalue weighted by Crippen LogP contribution is -2.30. The molecule has 1 aliphatic rings. The van der Waals surface area contributed by atoms with E-state index in [1.54, 1.807) is 0 Å². The molecule has 0 bridgehead atoms. The van der Waals surface area contributed by atoms with E-state index in [1.165, 1.54) is 0 Å². The number of benzene rings is 1. The molecule has 1 aromatic carbocycles. The van der Waals surface area contributed by atoms with Crippen molar-refractivity contribution in [2.24, 2.45) is 5.84 Å². The van der Waals surface area contributed by atoms with Crippen LogP contribution >= 0.6 is 0 Å². The van der Waals surface area contributed by atoms with E-state index in [4.69, 9.17) is 10.6 Å². The Labute approximate surface area is 117 Å². The lowest BCUT2D eigenvalue weighted by Gasteiger charge is -2.19. The number of rotatable bonds is 5. The van der Waals surface area contributed by atoms with Crippen molar-refractivity contribution in [3.05, 3.63) is 23.8 Å². The van der Waals surface area contributed by atoms with Gasteiger partial charge in [0, 0.05) is 18.5 Å². The number of carbonyl (C=O) groups excluding carboxylic acids is 2. The van der Waals surface area contributed by atoms with Crippen molar-refractivity contribution >= 4 is 17.5 Å². The van der Waals surface area contributed by atoms with Gasteiger partial charge >= 0.3 is 0 Å². The Morgan fingerprint density at radius 3 is 3.05 bits per heavy atom. The van der Waals surface area contributed by atoms with Crippen molar-refractivity contribution < 1.29 is 14.3 Å². The first-order valence-electron chi connectivity index (χ1n) is 6.67. The molecule has 1 unspecified atom stereocenters. The van der Waals surface area contributed by atoms with Crippen molar-refractivity contribution in [3.8, 4) is 5.75 Å². The van der Waals surface area contributed by atoms with Crippen molar-refractivity contribution in [1.82, 2.24) is 5.43 Å². The van der Waals surface area contributed by atoms with Gasteiger partial charge in [0.1, 0.15) is 5.75 Å². The number of aryl methyl sites for hydroxylation is 1. The first-order valence-corrected chi connectivity index (χ1v) is 6.67. The molecule has 0 spiro atoms. The Morgan fingerprint density at radius 1 is 1.50 bits per heavy atom. The second-order valence-corrected chi connectivity index (χ2v) is 4.90. The fraction of sp³-hybridized carbons (Fsp3) is 0.429. The molecular formula is C14H19N3O3. The predicted octanol–water partition coefficient (Wildman–Crippen LogP) is 1.11. The maximum absolute atomic E-state index is 11.3. The number of hydrogen-bond donors (Lipinski definition) is 3. The maximum atomic E-state index is 11.3. The average Bonchev–Trinajstić information content (AvgIpc) is 2.45. The van der Waals surface area contributed by atoms with Gasteiger partial charge in [-0.05, 0) is 43.5 Å². The minimum Gasteiger partial charge on any atom is -0.491 e. The molecule has 1 aromatic rings. The summed E-state index contributed by atoms with van der Waals surface area (Å²) < 4.78 is 5.77. The van der Waals surface area contributed by atoms with Crippen LogP contribution in [0.2, 0.25) is 0 Å². The zero-order valence-corrected chi connectivity index (χ0v) is 11.4. The van der Waals surface area contributed by atoms with E-state index < -0.39 is 0 Å². The molecule has 6 heteroatoms. The zero-order chi connectivity index (χ0) is 14.5. The molecular weight excluding hydrogens is 258 g/mol. The highest BCUT2D eigenvalue weighted by Gasteiger charge is 2.15. The lowest BCUT2D eigenvalue weighted by atomic mass is 10.0. The van der Waals surface area contributed by atoms with E-state index in [2.05, 4.69) is 10.7 Å². The molecule has 4 N–H and O–H groups in total. The summed E-state index contributed by atoms with van der Waals surface area (Å²) in [5.41, 5.74) is 4.02. The van der Waals surface area contributed by atoms with Crippen LogP contribution in [0.4, 0.5) is 5.69 Å². The predicted molar refractivity (Wildman–Crippen MR) is 75.0 cm³/mol. The van der Waals surface area contributed by atoms with Crippen LogP contribution in [0.5, 0.6) is 5.75 Å². The molecule has 2 amide bonds. The molecule has 108 valence electrons. The van der Waals surface area contributed by atoms with Crippen LogP contribution in [0.25, 0.3) is 0 Å². The molecule has 1 atom stereocenters. The highest BCUT2D eigenvalue weighted by molar-refractivity contribution is 5.94. The topological polar surface area (TPSA) is 93.5 Å². The van der Waals surface area contributed by atoms with Crippen LogP contribution in [-0.2, 0) is 16.0 Å². The fourth-order valence-corrected chi connectivity index (χ4v) is 2.13. The highest BCUT2D eigenvalue weighted by atomic mass is 16.5. The first kappa shape index (κ1) is 14.3. The van der Waals surface area contributed by atoms with Crippen molar-refractivity contribution in [2.75, 3.05) is 5.32 Å². The number of nitrogens with two attached hydrogens (primary N) is 1. The van der Waals surface area contributed by atoms with E-state index in [1.807, 2.05) is 25.1 Å². The zero-order valence-electron chi connectivity index (χ0n) is 11.4. The van der Waals surface area contributed by atoms with Crippen LogP contribution in [0.15, 0.2) is 18.2 Å². The maximum Gasteiger partial charge on any atom is 0.234 e. The second-order valence-electron chi connectivity index (χ2n) is 4.90. The number of ether oxygens (including phenoxy) is 1. The molecule has 1 heterocycles. The van der Waals surface area contributed by atoms with E-state index >= 15 is 0 Å². The Balaban J connectivity index is 1.93. The highest BCUT2D eigenvalue weighted by Crippen LogP contribution is 2.27. The third kappa shape index (κ3) is 3.71. The van der Waals surface area contributed by atoms with E-state index in [0.717, 1.165) is 23.4 Å². The number of carbonyl (C=O) groups is 2. The van der Waals surface area contributed by atoms with Crippen LogP contribution in [0, 0.1) is 0 Å². The molecule has 0 aliphatic carbocycles. The molecule has 20 heavy (non-hydrogen) atoms. The largest absolute Gasteiger partial charge is 0.491 e. The molecule has 0 aromatic heterocycles. The van der Waals surface area contributed by atoms with Gasteiger partial charge in [-0.25, -0.2) is 5.84 Å². The monoisotopic (exact) mass is 277 g/mol. The molecule has 0 saturated heterocycles. The van der Waals surface area contributed by atoms with Crippen molar-refractivity contribution in [3.63, 3.8) is 0 Å². The average molecular weight is 277 g/mol. The third-order valence-electron chi connectivity index (χ3n) is 3.25. The van der Waals surface area contributed by atoms with Crippen LogP contribution in [-0.4, -0.2) is 17.9 Å². The van der Waals surface area contributed by atoms with Gasteiger partial charge in [-0.1, -0.05) is 0 Å². The normalized spacial score (nSPS) is 15.0. The van der Waals surface area contributed by atoms with Crippen molar-refractivity contribution in [2.45, 2.75) is 38.7 Å². The van der Waals surface area contributed by atoms with Gasteiger partial charge in [0.15, 0.2) is 0 Å². The summed E-state index contributed by atoms with van der Waals surface area (Å²) in [5.74, 6) is 5.62.